The second kappa shape index (κ2) is 24.3. The van der Waals surface area contributed by atoms with Gasteiger partial charge < -0.3 is 23.8 Å². The summed E-state index contributed by atoms with van der Waals surface area (Å²) in [5.41, 5.74) is 2.18. The fraction of sp³-hybridized carbons (Fsp3) is 0.320. The zero-order valence-electron chi connectivity index (χ0n) is 41.1. The van der Waals surface area contributed by atoms with E-state index >= 15 is 0 Å². The molecule has 1 aliphatic rings. The number of methoxy groups -OCH3 is 2. The van der Waals surface area contributed by atoms with Crippen LogP contribution in [0.3, 0.4) is 0 Å². The summed E-state index contributed by atoms with van der Waals surface area (Å²) in [6, 6.07) is 19.7. The maximum atomic E-state index is 13.0. The SMILES string of the molecule is COc1cc(OCc2sc(-c3ccc(C(F)(F)F)cc3)nc2CCCN2CCC2)ccc1-c1noc(=O)[nH]1.COc1cc(OCc2sc(-c3ccc(C(F)(F)F)cc3)nc2CCCOS(C)(=O)=O)ccc1-c1noc(=O)[nH]1. The Labute approximate surface area is 442 Å². The summed E-state index contributed by atoms with van der Waals surface area (Å²) in [4.78, 5) is 40.9. The molecule has 0 saturated carbocycles. The molecule has 0 radical (unpaired) electrons. The first kappa shape index (κ1) is 55.9. The van der Waals surface area contributed by atoms with E-state index in [0.29, 0.717) is 78.7 Å². The number of alkyl halides is 6. The van der Waals surface area contributed by atoms with Crippen molar-refractivity contribution in [1.82, 2.24) is 35.1 Å². The average Bonchev–Trinajstić information content (AvgIpc) is 4.23. The van der Waals surface area contributed by atoms with Crippen molar-refractivity contribution in [2.24, 2.45) is 0 Å². The highest BCUT2D eigenvalue weighted by atomic mass is 32.2. The molecule has 0 unspecified atom stereocenters. The Morgan fingerprint density at radius 2 is 1.09 bits per heavy atom. The topological polar surface area (TPSA) is 227 Å². The molecule has 77 heavy (non-hydrogen) atoms. The third-order valence-corrected chi connectivity index (χ3v) is 14.5. The van der Waals surface area contributed by atoms with E-state index in [1.807, 2.05) is 0 Å². The van der Waals surface area contributed by atoms with Gasteiger partial charge in [0.05, 0.1) is 70.5 Å². The van der Waals surface area contributed by atoms with E-state index in [1.165, 1.54) is 67.6 Å². The van der Waals surface area contributed by atoms with Crippen LogP contribution in [0.4, 0.5) is 26.3 Å². The second-order valence-electron chi connectivity index (χ2n) is 17.0. The smallest absolute Gasteiger partial charge is 0.439 e. The maximum absolute atomic E-state index is 13.0. The number of aromatic nitrogens is 6. The molecule has 9 rings (SSSR count). The molecule has 2 N–H and O–H groups in total. The molecular formula is C50H47F6N7O11S3. The summed E-state index contributed by atoms with van der Waals surface area (Å²) >= 11 is 2.66. The molecule has 0 aliphatic carbocycles. The van der Waals surface area contributed by atoms with Gasteiger partial charge in [-0.25, -0.2) is 19.6 Å². The van der Waals surface area contributed by atoms with E-state index in [0.717, 1.165) is 73.6 Å². The van der Waals surface area contributed by atoms with Crippen LogP contribution >= 0.6 is 22.7 Å². The van der Waals surface area contributed by atoms with Crippen molar-refractivity contribution in [3.05, 3.63) is 138 Å². The Morgan fingerprint density at radius 3 is 1.45 bits per heavy atom. The predicted molar refractivity (Wildman–Crippen MR) is 270 cm³/mol. The Bertz CT molecular complexity index is 3500. The zero-order chi connectivity index (χ0) is 54.9. The molecular weight excluding hydrogens is 1080 g/mol. The maximum Gasteiger partial charge on any atom is 0.439 e. The largest absolute Gasteiger partial charge is 0.496 e. The number of rotatable bonds is 21. The van der Waals surface area contributed by atoms with Crippen molar-refractivity contribution in [1.29, 1.82) is 0 Å². The highest BCUT2D eigenvalue weighted by Crippen LogP contribution is 2.38. The van der Waals surface area contributed by atoms with Crippen LogP contribution in [0, 0.1) is 0 Å². The van der Waals surface area contributed by atoms with Crippen LogP contribution in [-0.4, -0.2) is 90.3 Å². The lowest BCUT2D eigenvalue weighted by Crippen LogP contribution is -2.37. The van der Waals surface area contributed by atoms with Crippen molar-refractivity contribution in [2.45, 2.75) is 57.7 Å². The van der Waals surface area contributed by atoms with Crippen LogP contribution in [-0.2, 0) is 52.7 Å². The fourth-order valence-corrected chi connectivity index (χ4v) is 10.1. The lowest BCUT2D eigenvalue weighted by Gasteiger charge is -2.30. The van der Waals surface area contributed by atoms with Crippen molar-refractivity contribution < 1.29 is 66.9 Å². The third kappa shape index (κ3) is 15.0. The number of thiazole rings is 2. The van der Waals surface area contributed by atoms with Gasteiger partial charge in [-0.2, -0.15) is 34.8 Å². The van der Waals surface area contributed by atoms with Crippen molar-refractivity contribution in [2.75, 3.05) is 46.7 Å². The number of aryl methyl sites for hydroxylation is 2. The molecule has 27 heteroatoms. The summed E-state index contributed by atoms with van der Waals surface area (Å²) in [5.74, 6) is 0.817. The number of nitrogens with zero attached hydrogens (tertiary/aromatic N) is 5. The van der Waals surface area contributed by atoms with Gasteiger partial charge in [-0.3, -0.25) is 23.2 Å². The molecule has 5 heterocycles. The number of ether oxygens (including phenoxy) is 4. The first-order valence-corrected chi connectivity index (χ1v) is 26.8. The van der Waals surface area contributed by atoms with E-state index in [4.69, 9.17) is 28.1 Å². The third-order valence-electron chi connectivity index (χ3n) is 11.6. The Balaban J connectivity index is 0.000000204. The summed E-state index contributed by atoms with van der Waals surface area (Å²) in [6.45, 7) is 3.48. The fourth-order valence-electron chi connectivity index (χ4n) is 7.66. The molecule has 4 aromatic carbocycles. The van der Waals surface area contributed by atoms with Crippen molar-refractivity contribution >= 4 is 32.8 Å². The zero-order valence-corrected chi connectivity index (χ0v) is 43.5. The molecule has 1 saturated heterocycles. The van der Waals surface area contributed by atoms with Crippen LogP contribution in [0.25, 0.3) is 43.9 Å². The lowest BCUT2D eigenvalue weighted by molar-refractivity contribution is -0.138. The summed E-state index contributed by atoms with van der Waals surface area (Å²) < 4.78 is 137. The Morgan fingerprint density at radius 1 is 0.649 bits per heavy atom. The molecule has 18 nitrogen and oxygen atoms in total. The van der Waals surface area contributed by atoms with Gasteiger partial charge in [-0.05, 0) is 100 Å². The van der Waals surface area contributed by atoms with Gasteiger partial charge in [0.2, 0.25) is 0 Å². The first-order chi connectivity index (χ1) is 36.7. The number of halogens is 6. The van der Waals surface area contributed by atoms with Crippen LogP contribution in [0.1, 0.15) is 51.5 Å². The molecule has 0 amide bonds. The van der Waals surface area contributed by atoms with Gasteiger partial charge in [0.25, 0.3) is 10.1 Å². The number of hydrogen-bond donors (Lipinski definition) is 2. The molecule has 1 fully saturated rings. The molecule has 8 aromatic rings. The molecule has 0 atom stereocenters. The normalized spacial score (nSPS) is 12.9. The van der Waals surface area contributed by atoms with Gasteiger partial charge in [0, 0.05) is 23.3 Å². The molecule has 408 valence electrons. The van der Waals surface area contributed by atoms with E-state index < -0.39 is 45.1 Å². The van der Waals surface area contributed by atoms with Crippen LogP contribution in [0.2, 0.25) is 0 Å². The minimum Gasteiger partial charge on any atom is -0.496 e. The van der Waals surface area contributed by atoms with Crippen molar-refractivity contribution in [3.8, 4) is 66.9 Å². The van der Waals surface area contributed by atoms with Gasteiger partial charge >= 0.3 is 23.9 Å². The number of likely N-dealkylation sites (tertiary alicyclic amines) is 1. The molecule has 1 aliphatic heterocycles. The average molecular weight is 1130 g/mol. The lowest BCUT2D eigenvalue weighted by atomic mass is 10.1. The first-order valence-electron chi connectivity index (χ1n) is 23.4. The van der Waals surface area contributed by atoms with Gasteiger partial charge in [0.15, 0.2) is 11.6 Å². The number of aromatic amines is 2. The number of benzene rings is 4. The van der Waals surface area contributed by atoms with Gasteiger partial charge in [-0.15, -0.1) is 22.7 Å². The van der Waals surface area contributed by atoms with Gasteiger partial charge in [0.1, 0.15) is 46.2 Å². The standard InChI is InChI=1S/C26H25F3N4O4S.C24H22F3N3O7S2/c1-35-21-14-18(9-10-19(21)23-31-25(34)37-32-23)36-15-22-20(4-2-11-33-12-3-13-33)30-24(38-22)16-5-7-17(8-6-16)26(27,28)29;1-34-19-12-16(9-10-17(19)21-29-23(31)37-30-21)35-13-20-18(4-3-11-36-39(2,32)33)28-22(38-20)14-5-7-15(8-6-14)24(25,26)27/h5-10,14H,2-4,11-13,15H2,1H3,(H,31,32,34);5-10,12H,3-4,11,13H2,1-2H3,(H,29,30,31). The number of H-pyrrole nitrogens is 2. The minimum atomic E-state index is -4.45. The highest BCUT2D eigenvalue weighted by molar-refractivity contribution is 7.85. The minimum absolute atomic E-state index is 0.0466. The van der Waals surface area contributed by atoms with E-state index in [9.17, 15) is 44.3 Å². The van der Waals surface area contributed by atoms with Crippen LogP contribution in [0.5, 0.6) is 23.0 Å². The molecule has 4 aromatic heterocycles. The summed E-state index contributed by atoms with van der Waals surface area (Å²) in [5, 5.41) is 8.49. The highest BCUT2D eigenvalue weighted by Gasteiger charge is 2.31. The molecule has 0 spiro atoms. The van der Waals surface area contributed by atoms with Crippen molar-refractivity contribution in [3.63, 3.8) is 0 Å². The number of hydrogen-bond acceptors (Lipinski definition) is 18. The monoisotopic (exact) mass is 1130 g/mol. The summed E-state index contributed by atoms with van der Waals surface area (Å²) in [6.07, 6.45) is -4.29. The number of nitrogens with one attached hydrogen (secondary N) is 2. The van der Waals surface area contributed by atoms with E-state index in [2.05, 4.69) is 39.2 Å². The molecule has 0 bridgehead atoms. The summed E-state index contributed by atoms with van der Waals surface area (Å²) in [7, 11) is -0.656. The van der Waals surface area contributed by atoms with E-state index in [-0.39, 0.29) is 31.5 Å². The quantitative estimate of drug-likeness (QED) is 0.0387. The van der Waals surface area contributed by atoms with E-state index in [1.54, 1.807) is 36.4 Å². The van der Waals surface area contributed by atoms with Crippen LogP contribution in [0.15, 0.2) is 104 Å². The van der Waals surface area contributed by atoms with Gasteiger partial charge in [-0.1, -0.05) is 34.6 Å². The second-order valence-corrected chi connectivity index (χ2v) is 20.9. The van der Waals surface area contributed by atoms with Crippen LogP contribution < -0.4 is 30.5 Å². The Kier molecular flexibility index (Phi) is 17.7. The predicted octanol–water partition coefficient (Wildman–Crippen LogP) is 10.1. The Hall–Kier alpha value is -7.33.